The molecule has 1 aliphatic heterocycles. The lowest BCUT2D eigenvalue weighted by Crippen LogP contribution is -3.14. The average Bonchev–Trinajstić information content (AvgIpc) is 2.49. The molecular formula is C15H19Cl2N2O2+. The maximum absolute atomic E-state index is 11.7. The Bertz CT molecular complexity index is 514. The number of ether oxygens (including phenoxy) is 1. The van der Waals surface area contributed by atoms with Crippen molar-refractivity contribution in [1.29, 1.82) is 0 Å². The second kappa shape index (κ2) is 8.39. The fourth-order valence-corrected chi connectivity index (χ4v) is 2.43. The molecule has 114 valence electrons. The van der Waals surface area contributed by atoms with Gasteiger partial charge < -0.3 is 15.0 Å². The quantitative estimate of drug-likeness (QED) is 0.793. The molecule has 1 aromatic carbocycles. The predicted octanol–water partition coefficient (Wildman–Crippen LogP) is 1.04. The van der Waals surface area contributed by atoms with Crippen molar-refractivity contribution in [1.82, 2.24) is 5.32 Å². The van der Waals surface area contributed by atoms with Crippen molar-refractivity contribution in [2.24, 2.45) is 0 Å². The summed E-state index contributed by atoms with van der Waals surface area (Å²) in [6, 6.07) is 5.25. The van der Waals surface area contributed by atoms with Gasteiger partial charge in [0.25, 0.3) is 0 Å². The van der Waals surface area contributed by atoms with E-state index >= 15 is 0 Å². The molecule has 1 aliphatic rings. The highest BCUT2D eigenvalue weighted by atomic mass is 35.5. The highest BCUT2D eigenvalue weighted by Gasteiger charge is 2.12. The zero-order chi connectivity index (χ0) is 15.1. The van der Waals surface area contributed by atoms with Crippen LogP contribution in [0.1, 0.15) is 5.56 Å². The SMILES string of the molecule is O=C(/C=C/c1ccc(Cl)c(Cl)c1)NCC[NH+]1CCOCC1. The fourth-order valence-electron chi connectivity index (χ4n) is 2.12. The zero-order valence-electron chi connectivity index (χ0n) is 11.7. The topological polar surface area (TPSA) is 42.8 Å². The van der Waals surface area contributed by atoms with E-state index in [9.17, 15) is 4.79 Å². The Labute approximate surface area is 134 Å². The molecule has 0 aliphatic carbocycles. The van der Waals surface area contributed by atoms with Crippen LogP contribution in [0.25, 0.3) is 6.08 Å². The number of hydrogen-bond acceptors (Lipinski definition) is 2. The van der Waals surface area contributed by atoms with Gasteiger partial charge in [0.2, 0.25) is 5.91 Å². The van der Waals surface area contributed by atoms with Crippen LogP contribution in [0.3, 0.4) is 0 Å². The van der Waals surface area contributed by atoms with Gasteiger partial charge in [0.15, 0.2) is 0 Å². The van der Waals surface area contributed by atoms with E-state index < -0.39 is 0 Å². The lowest BCUT2D eigenvalue weighted by molar-refractivity contribution is -0.906. The molecule has 2 N–H and O–H groups in total. The first-order valence-corrected chi connectivity index (χ1v) is 7.73. The third-order valence-corrected chi connectivity index (χ3v) is 4.09. The number of morpholine rings is 1. The van der Waals surface area contributed by atoms with E-state index in [1.54, 1.807) is 18.2 Å². The first-order chi connectivity index (χ1) is 10.1. The molecule has 1 saturated heterocycles. The van der Waals surface area contributed by atoms with E-state index in [0.717, 1.165) is 38.4 Å². The number of carbonyl (C=O) groups excluding carboxylic acids is 1. The van der Waals surface area contributed by atoms with Gasteiger partial charge in [-0.2, -0.15) is 0 Å². The van der Waals surface area contributed by atoms with E-state index in [2.05, 4.69) is 5.32 Å². The molecule has 1 fully saturated rings. The van der Waals surface area contributed by atoms with Crippen molar-refractivity contribution in [3.63, 3.8) is 0 Å². The summed E-state index contributed by atoms with van der Waals surface area (Å²) in [6.07, 6.45) is 3.23. The summed E-state index contributed by atoms with van der Waals surface area (Å²) < 4.78 is 5.29. The number of carbonyl (C=O) groups is 1. The maximum atomic E-state index is 11.7. The highest BCUT2D eigenvalue weighted by Crippen LogP contribution is 2.22. The van der Waals surface area contributed by atoms with Gasteiger partial charge in [0.05, 0.1) is 36.3 Å². The summed E-state index contributed by atoms with van der Waals surface area (Å²) in [6.45, 7) is 5.22. The molecule has 0 bridgehead atoms. The van der Waals surface area contributed by atoms with Crippen LogP contribution in [0.5, 0.6) is 0 Å². The van der Waals surface area contributed by atoms with Crippen molar-refractivity contribution in [3.8, 4) is 0 Å². The standard InChI is InChI=1S/C15H18Cl2N2O2/c16-13-3-1-12(11-14(13)17)2-4-15(20)18-5-6-19-7-9-21-10-8-19/h1-4,11H,5-10H2,(H,18,20)/p+1/b4-2+. The van der Waals surface area contributed by atoms with Crippen molar-refractivity contribution in [3.05, 3.63) is 39.9 Å². The van der Waals surface area contributed by atoms with Crippen LogP contribution < -0.4 is 10.2 Å². The van der Waals surface area contributed by atoms with E-state index in [4.69, 9.17) is 27.9 Å². The second-order valence-corrected chi connectivity index (χ2v) is 5.72. The van der Waals surface area contributed by atoms with Gasteiger partial charge in [-0.05, 0) is 23.8 Å². The summed E-state index contributed by atoms with van der Waals surface area (Å²) >= 11 is 11.8. The Morgan fingerprint density at radius 2 is 2.05 bits per heavy atom. The maximum Gasteiger partial charge on any atom is 0.244 e. The van der Waals surface area contributed by atoms with Crippen molar-refractivity contribution in [2.75, 3.05) is 39.4 Å². The molecule has 21 heavy (non-hydrogen) atoms. The minimum Gasteiger partial charge on any atom is -0.370 e. The van der Waals surface area contributed by atoms with Gasteiger partial charge in [-0.3, -0.25) is 4.79 Å². The molecule has 1 aromatic rings. The van der Waals surface area contributed by atoms with Crippen LogP contribution in [-0.2, 0) is 9.53 Å². The molecular weight excluding hydrogens is 311 g/mol. The molecule has 4 nitrogen and oxygen atoms in total. The minimum absolute atomic E-state index is 0.103. The number of rotatable bonds is 5. The Kier molecular flexibility index (Phi) is 6.51. The van der Waals surface area contributed by atoms with Gasteiger partial charge >= 0.3 is 0 Å². The molecule has 0 unspecified atom stereocenters. The number of quaternary nitrogens is 1. The summed E-state index contributed by atoms with van der Waals surface area (Å²) in [7, 11) is 0. The smallest absolute Gasteiger partial charge is 0.244 e. The Hall–Kier alpha value is -1.07. The molecule has 2 rings (SSSR count). The average molecular weight is 330 g/mol. The monoisotopic (exact) mass is 329 g/mol. The summed E-state index contributed by atoms with van der Waals surface area (Å²) in [4.78, 5) is 13.2. The molecule has 0 spiro atoms. The fraction of sp³-hybridized carbons (Fsp3) is 0.400. The Balaban J connectivity index is 1.73. The number of nitrogens with one attached hydrogen (secondary N) is 2. The molecule has 6 heteroatoms. The van der Waals surface area contributed by atoms with Crippen molar-refractivity contribution in [2.45, 2.75) is 0 Å². The van der Waals surface area contributed by atoms with Gasteiger partial charge in [-0.15, -0.1) is 0 Å². The van der Waals surface area contributed by atoms with E-state index in [1.807, 2.05) is 6.07 Å². The summed E-state index contributed by atoms with van der Waals surface area (Å²) in [5.41, 5.74) is 0.846. The number of benzene rings is 1. The van der Waals surface area contributed by atoms with Crippen LogP contribution in [0, 0.1) is 0 Å². The molecule has 1 amide bonds. The van der Waals surface area contributed by atoms with E-state index in [1.165, 1.54) is 11.0 Å². The second-order valence-electron chi connectivity index (χ2n) is 4.91. The largest absolute Gasteiger partial charge is 0.370 e. The third-order valence-electron chi connectivity index (χ3n) is 3.35. The Morgan fingerprint density at radius 1 is 1.29 bits per heavy atom. The van der Waals surface area contributed by atoms with Gasteiger partial charge in [0, 0.05) is 6.08 Å². The molecule has 0 aromatic heterocycles. The Morgan fingerprint density at radius 3 is 2.76 bits per heavy atom. The lowest BCUT2D eigenvalue weighted by Gasteiger charge is -2.23. The van der Waals surface area contributed by atoms with E-state index in [-0.39, 0.29) is 5.91 Å². The first-order valence-electron chi connectivity index (χ1n) is 6.97. The first kappa shape index (κ1) is 16.3. The summed E-state index contributed by atoms with van der Waals surface area (Å²) in [5, 5.41) is 3.87. The number of halogens is 2. The lowest BCUT2D eigenvalue weighted by atomic mass is 10.2. The molecule has 0 radical (unpaired) electrons. The predicted molar refractivity (Wildman–Crippen MR) is 84.9 cm³/mol. The summed E-state index contributed by atoms with van der Waals surface area (Å²) in [5.74, 6) is -0.103. The van der Waals surface area contributed by atoms with Crippen LogP contribution in [0.2, 0.25) is 10.0 Å². The number of hydrogen-bond donors (Lipinski definition) is 2. The highest BCUT2D eigenvalue weighted by molar-refractivity contribution is 6.42. The molecule has 0 atom stereocenters. The van der Waals surface area contributed by atoms with Crippen LogP contribution >= 0.6 is 23.2 Å². The molecule has 0 saturated carbocycles. The van der Waals surface area contributed by atoms with Crippen LogP contribution in [0.4, 0.5) is 0 Å². The van der Waals surface area contributed by atoms with Crippen LogP contribution in [0.15, 0.2) is 24.3 Å². The van der Waals surface area contributed by atoms with E-state index in [0.29, 0.717) is 16.6 Å². The van der Waals surface area contributed by atoms with Gasteiger partial charge in [-0.1, -0.05) is 29.3 Å². The van der Waals surface area contributed by atoms with Crippen molar-refractivity contribution >= 4 is 35.2 Å². The van der Waals surface area contributed by atoms with Crippen molar-refractivity contribution < 1.29 is 14.4 Å². The van der Waals surface area contributed by atoms with Gasteiger partial charge in [0.1, 0.15) is 13.1 Å². The minimum atomic E-state index is -0.103. The zero-order valence-corrected chi connectivity index (χ0v) is 13.2. The molecule has 1 heterocycles. The third kappa shape index (κ3) is 5.67. The normalized spacial score (nSPS) is 16.3. The van der Waals surface area contributed by atoms with Gasteiger partial charge in [-0.25, -0.2) is 0 Å². The van der Waals surface area contributed by atoms with Crippen LogP contribution in [-0.4, -0.2) is 45.3 Å². The number of amides is 1.